The monoisotopic (exact) mass is 471 g/mol. The average molecular weight is 472 g/mol. The number of anilines is 1. The molecule has 0 saturated carbocycles. The molecule has 183 valence electrons. The van der Waals surface area contributed by atoms with E-state index in [1.807, 2.05) is 39.8 Å². The predicted octanol–water partition coefficient (Wildman–Crippen LogP) is 0.868. The summed E-state index contributed by atoms with van der Waals surface area (Å²) in [5, 5.41) is 50.3. The molecular weight excluding hydrogens is 440 g/mol. The summed E-state index contributed by atoms with van der Waals surface area (Å²) >= 11 is 0. The Kier molecular flexibility index (Phi) is 5.56. The van der Waals surface area contributed by atoms with Crippen LogP contribution in [0.3, 0.4) is 0 Å². The Labute approximate surface area is 197 Å². The third-order valence-corrected chi connectivity index (χ3v) is 7.21. The van der Waals surface area contributed by atoms with Crippen molar-refractivity contribution in [3.05, 3.63) is 46.9 Å². The molecule has 1 fully saturated rings. The van der Waals surface area contributed by atoms with Crippen molar-refractivity contribution in [2.24, 2.45) is 4.99 Å². The number of benzene rings is 1. The maximum Gasteiger partial charge on any atom is 0.165 e. The molecule has 1 saturated heterocycles. The summed E-state index contributed by atoms with van der Waals surface area (Å²) in [6, 6.07) is 6.12. The molecular formula is C23H31N6O5. The van der Waals surface area contributed by atoms with Gasteiger partial charge >= 0.3 is 0 Å². The molecule has 1 unspecified atom stereocenters. The van der Waals surface area contributed by atoms with Gasteiger partial charge in [0.15, 0.2) is 6.23 Å². The molecule has 0 spiro atoms. The first-order valence-corrected chi connectivity index (χ1v) is 11.4. The Bertz CT molecular complexity index is 1120. The van der Waals surface area contributed by atoms with E-state index in [1.54, 1.807) is 10.9 Å². The number of hydroxylamine groups is 2. The van der Waals surface area contributed by atoms with E-state index in [-0.39, 0.29) is 0 Å². The summed E-state index contributed by atoms with van der Waals surface area (Å²) in [5.74, 6) is 0.584. The van der Waals surface area contributed by atoms with E-state index in [4.69, 9.17) is 4.74 Å². The Morgan fingerprint density at radius 1 is 1.15 bits per heavy atom. The van der Waals surface area contributed by atoms with Gasteiger partial charge in [-0.15, -0.1) is 10.3 Å². The fourth-order valence-corrected chi connectivity index (χ4v) is 5.29. The van der Waals surface area contributed by atoms with Crippen molar-refractivity contribution in [1.29, 1.82) is 0 Å². The average Bonchev–Trinajstić information content (AvgIpc) is 3.41. The highest BCUT2D eigenvalue weighted by molar-refractivity contribution is 5.78. The molecule has 0 aliphatic carbocycles. The quantitative estimate of drug-likeness (QED) is 0.432. The zero-order chi connectivity index (χ0) is 24.4. The molecule has 2 aromatic rings. The Balaban J connectivity index is 1.35. The van der Waals surface area contributed by atoms with Gasteiger partial charge in [0.05, 0.1) is 30.4 Å². The summed E-state index contributed by atoms with van der Waals surface area (Å²) in [6.45, 7) is 7.88. The van der Waals surface area contributed by atoms with Crippen LogP contribution in [0.5, 0.6) is 0 Å². The second-order valence-corrected chi connectivity index (χ2v) is 10.1. The van der Waals surface area contributed by atoms with E-state index in [9.17, 15) is 20.5 Å². The number of nitrogens with one attached hydrogen (secondary N) is 2. The molecule has 1 aromatic heterocycles. The van der Waals surface area contributed by atoms with Crippen molar-refractivity contribution in [2.45, 2.75) is 76.0 Å². The minimum atomic E-state index is -1.21. The summed E-state index contributed by atoms with van der Waals surface area (Å²) in [5.41, 5.74) is 2.50. The Hall–Kier alpha value is -2.38. The number of ether oxygens (including phenoxy) is 1. The van der Waals surface area contributed by atoms with Crippen LogP contribution in [0.4, 0.5) is 5.82 Å². The van der Waals surface area contributed by atoms with Crippen LogP contribution in [-0.2, 0) is 27.6 Å². The van der Waals surface area contributed by atoms with Crippen molar-refractivity contribution in [3.8, 4) is 0 Å². The molecule has 0 amide bonds. The van der Waals surface area contributed by atoms with E-state index < -0.39 is 48.4 Å². The topological polar surface area (TPSA) is 147 Å². The van der Waals surface area contributed by atoms with Crippen LogP contribution in [0.1, 0.15) is 62.5 Å². The number of hydrogen-bond acceptors (Lipinski definition) is 9. The largest absolute Gasteiger partial charge is 0.394 e. The number of imidazole rings is 1. The van der Waals surface area contributed by atoms with Gasteiger partial charge in [0, 0.05) is 6.54 Å². The predicted molar refractivity (Wildman–Crippen MR) is 122 cm³/mol. The van der Waals surface area contributed by atoms with Gasteiger partial charge in [0.25, 0.3) is 0 Å². The maximum absolute atomic E-state index is 12.9. The van der Waals surface area contributed by atoms with E-state index in [0.29, 0.717) is 18.1 Å². The van der Waals surface area contributed by atoms with Gasteiger partial charge in [-0.25, -0.2) is 9.98 Å². The third-order valence-electron chi connectivity index (χ3n) is 7.21. The van der Waals surface area contributed by atoms with Crippen LogP contribution in [0.15, 0.2) is 29.5 Å². The van der Waals surface area contributed by atoms with Crippen LogP contribution < -0.4 is 10.6 Å². The first-order chi connectivity index (χ1) is 16.1. The van der Waals surface area contributed by atoms with Gasteiger partial charge in [-0.1, -0.05) is 18.2 Å². The molecule has 1 aromatic carbocycles. The van der Waals surface area contributed by atoms with Crippen LogP contribution >= 0.6 is 0 Å². The van der Waals surface area contributed by atoms with Crippen LogP contribution in [0.25, 0.3) is 0 Å². The molecule has 5 rings (SSSR count). The van der Waals surface area contributed by atoms with Gasteiger partial charge < -0.3 is 25.4 Å². The molecule has 5 N–H and O–H groups in total. The lowest BCUT2D eigenvalue weighted by Crippen LogP contribution is -2.41. The summed E-state index contributed by atoms with van der Waals surface area (Å²) in [7, 11) is 0. The molecule has 1 radical (unpaired) electrons. The number of aliphatic imine (C=N–C) groups is 1. The highest BCUT2D eigenvalue weighted by Gasteiger charge is 2.50. The number of aliphatic hydroxyl groups excluding tert-OH is 3. The Morgan fingerprint density at radius 3 is 2.59 bits per heavy atom. The number of nitrogens with zero attached hydrogens (tertiary/aromatic N) is 4. The molecule has 11 heteroatoms. The first kappa shape index (κ1) is 23.4. The molecule has 11 nitrogen and oxygen atoms in total. The van der Waals surface area contributed by atoms with Crippen LogP contribution in [0, 0.1) is 0 Å². The second kappa shape index (κ2) is 8.09. The maximum atomic E-state index is 12.9. The number of rotatable bonds is 5. The fraction of sp³-hybridized carbons (Fsp3) is 0.565. The fourth-order valence-electron chi connectivity index (χ4n) is 5.29. The van der Waals surface area contributed by atoms with Crippen molar-refractivity contribution < 1.29 is 25.3 Å². The molecule has 3 aliphatic heterocycles. The van der Waals surface area contributed by atoms with Crippen molar-refractivity contribution >= 4 is 12.2 Å². The number of aromatic nitrogens is 2. The van der Waals surface area contributed by atoms with E-state index in [2.05, 4.69) is 26.7 Å². The van der Waals surface area contributed by atoms with Gasteiger partial charge in [0.1, 0.15) is 36.0 Å². The summed E-state index contributed by atoms with van der Waals surface area (Å²) < 4.78 is 7.24. The number of fused-ring (bicyclic) bond motifs is 2. The van der Waals surface area contributed by atoms with Crippen LogP contribution in [-0.4, -0.2) is 61.2 Å². The first-order valence-electron chi connectivity index (χ1n) is 11.4. The van der Waals surface area contributed by atoms with E-state index in [1.165, 1.54) is 6.33 Å². The number of aliphatic hydroxyl groups is 3. The van der Waals surface area contributed by atoms with Gasteiger partial charge in [0.2, 0.25) is 0 Å². The normalized spacial score (nSPS) is 31.4. The minimum Gasteiger partial charge on any atom is -0.394 e. The molecule has 34 heavy (non-hydrogen) atoms. The van der Waals surface area contributed by atoms with E-state index in [0.717, 1.165) is 21.8 Å². The summed E-state index contributed by atoms with van der Waals surface area (Å²) in [6.07, 6.45) is -1.54. The molecule has 4 heterocycles. The standard InChI is InChI=1S/C23H31N6O5/c1-22(2)13-6-5-12(7-14(13)23(3,4)29(22)33)8-24-19-16-20(26-10-25-19)28(11-27-16)21-18(32)17(31)15(9-30)34-21/h5-7,10-11,15,17-19,21,24,30-32H,8-9H2,1-4H3,(H,25,26)/t15-,17-,18-,19?,21-/m1/s1. The lowest BCUT2D eigenvalue weighted by Gasteiger charge is -2.32. The smallest absolute Gasteiger partial charge is 0.165 e. The van der Waals surface area contributed by atoms with Crippen molar-refractivity contribution in [1.82, 2.24) is 19.9 Å². The zero-order valence-electron chi connectivity index (χ0n) is 19.6. The zero-order valence-corrected chi connectivity index (χ0v) is 19.6. The molecule has 0 bridgehead atoms. The highest BCUT2D eigenvalue weighted by atomic mass is 16.6. The van der Waals surface area contributed by atoms with Crippen molar-refractivity contribution in [3.63, 3.8) is 0 Å². The summed E-state index contributed by atoms with van der Waals surface area (Å²) in [4.78, 5) is 8.91. The Morgan fingerprint density at radius 2 is 1.88 bits per heavy atom. The lowest BCUT2D eigenvalue weighted by molar-refractivity contribution is -0.266. The van der Waals surface area contributed by atoms with Crippen molar-refractivity contribution in [2.75, 3.05) is 11.9 Å². The van der Waals surface area contributed by atoms with Gasteiger partial charge in [-0.2, -0.15) is 0 Å². The molecule has 3 aliphatic rings. The second-order valence-electron chi connectivity index (χ2n) is 10.1. The highest BCUT2D eigenvalue weighted by Crippen LogP contribution is 2.48. The number of hydrogen-bond donors (Lipinski definition) is 5. The van der Waals surface area contributed by atoms with Gasteiger partial charge in [-0.3, -0.25) is 9.88 Å². The minimum absolute atomic E-state index is 0.399. The third kappa shape index (κ3) is 3.39. The lowest BCUT2D eigenvalue weighted by atomic mass is 9.89. The van der Waals surface area contributed by atoms with E-state index >= 15 is 0 Å². The molecule has 5 atom stereocenters. The SMILES string of the molecule is CC1(C)c2ccc(CNC3N=CNc4c3ncn4[C@@H]3O[C@H](CO)[C@@H](O)[C@H]3O)cc2C(C)(C)N1[O]. The van der Waals surface area contributed by atoms with Gasteiger partial charge in [-0.05, 0) is 44.4 Å². The van der Waals surface area contributed by atoms with Crippen LogP contribution in [0.2, 0.25) is 0 Å².